The summed E-state index contributed by atoms with van der Waals surface area (Å²) in [6.45, 7) is 2.27. The Morgan fingerprint density at radius 3 is 2.28 bits per heavy atom. The molecule has 0 fully saturated rings. The molecule has 0 radical (unpaired) electrons. The zero-order chi connectivity index (χ0) is 14.0. The first kappa shape index (κ1) is 15.4. The van der Waals surface area contributed by atoms with Gasteiger partial charge in [-0.15, -0.1) is 0 Å². The van der Waals surface area contributed by atoms with Crippen molar-refractivity contribution in [3.8, 4) is 0 Å². The summed E-state index contributed by atoms with van der Waals surface area (Å²) in [5.41, 5.74) is 0.407. The maximum atomic E-state index is 11.2. The van der Waals surface area contributed by atoms with Gasteiger partial charge >= 0.3 is 15.2 Å². The van der Waals surface area contributed by atoms with E-state index >= 15 is 0 Å². The Morgan fingerprint density at radius 1 is 1.28 bits per heavy atom. The lowest BCUT2D eigenvalue weighted by Gasteiger charge is -2.19. The molecule has 0 aliphatic carbocycles. The van der Waals surface area contributed by atoms with Crippen LogP contribution in [0, 0.1) is 0 Å². The van der Waals surface area contributed by atoms with Gasteiger partial charge in [0.1, 0.15) is 11.9 Å². The molecule has 1 aromatic heterocycles. The highest BCUT2D eigenvalue weighted by atomic mass is 31.2. The molecule has 1 rings (SSSR count). The second-order valence-electron chi connectivity index (χ2n) is 3.72. The van der Waals surface area contributed by atoms with Crippen LogP contribution >= 0.6 is 15.2 Å². The highest BCUT2D eigenvalue weighted by Gasteiger charge is 2.44. The van der Waals surface area contributed by atoms with E-state index in [0.29, 0.717) is 12.2 Å². The molecule has 1 heterocycles. The third kappa shape index (κ3) is 3.95. The van der Waals surface area contributed by atoms with Crippen LogP contribution in [0.25, 0.3) is 0 Å². The van der Waals surface area contributed by atoms with Crippen molar-refractivity contribution in [2.24, 2.45) is 0 Å². The molecule has 0 bridgehead atoms. The molecule has 0 atom stereocenters. The van der Waals surface area contributed by atoms with Crippen LogP contribution in [0.1, 0.15) is 12.6 Å². The van der Waals surface area contributed by atoms with Crippen molar-refractivity contribution in [3.05, 3.63) is 24.3 Å². The lowest BCUT2D eigenvalue weighted by molar-refractivity contribution is -0.703. The fourth-order valence-electron chi connectivity index (χ4n) is 1.51. The summed E-state index contributed by atoms with van der Waals surface area (Å²) in [6.07, 6.45) is 2.43. The summed E-state index contributed by atoms with van der Waals surface area (Å²) < 4.78 is 23.9. The number of hydrogen-bond donors (Lipinski definition) is 4. The van der Waals surface area contributed by atoms with Gasteiger partial charge in [0.2, 0.25) is 0 Å². The lowest BCUT2D eigenvalue weighted by Crippen LogP contribution is -2.38. The topological polar surface area (TPSA) is 132 Å². The van der Waals surface area contributed by atoms with Crippen molar-refractivity contribution in [1.29, 1.82) is 0 Å². The first-order chi connectivity index (χ1) is 8.16. The highest BCUT2D eigenvalue weighted by molar-refractivity contribution is 7.70. The molecular formula is C8H15N2O6P2+. The average molecular weight is 297 g/mol. The largest absolute Gasteiger partial charge is 0.341 e. The Balaban J connectivity index is 3.13. The lowest BCUT2D eigenvalue weighted by atomic mass is 10.3. The quantitative estimate of drug-likeness (QED) is 0.430. The first-order valence-electron chi connectivity index (χ1n) is 5.09. The molecule has 0 amide bonds. The van der Waals surface area contributed by atoms with Gasteiger partial charge in [0.25, 0.3) is 6.33 Å². The van der Waals surface area contributed by atoms with E-state index in [1.54, 1.807) is 11.5 Å². The van der Waals surface area contributed by atoms with Gasteiger partial charge in [-0.1, -0.05) is 4.98 Å². The molecule has 0 saturated heterocycles. The van der Waals surface area contributed by atoms with E-state index in [9.17, 15) is 9.13 Å². The molecule has 0 spiro atoms. The van der Waals surface area contributed by atoms with Crippen LogP contribution in [-0.4, -0.2) is 30.0 Å². The van der Waals surface area contributed by atoms with E-state index in [2.05, 4.69) is 4.98 Å². The van der Waals surface area contributed by atoms with Gasteiger partial charge in [-0.25, -0.2) is 4.57 Å². The number of aromatic nitrogens is 2. The summed E-state index contributed by atoms with van der Waals surface area (Å²) in [7, 11) is -9.78. The predicted octanol–water partition coefficient (Wildman–Crippen LogP) is -0.387. The molecule has 0 aromatic carbocycles. The minimum absolute atomic E-state index is 0.407. The second kappa shape index (κ2) is 5.57. The first-order valence-corrected chi connectivity index (χ1v) is 8.45. The summed E-state index contributed by atoms with van der Waals surface area (Å²) >= 11 is 0. The van der Waals surface area contributed by atoms with Crippen LogP contribution in [0.5, 0.6) is 0 Å². The Labute approximate surface area is 104 Å². The van der Waals surface area contributed by atoms with Gasteiger partial charge in [0.05, 0.1) is 6.54 Å². The summed E-state index contributed by atoms with van der Waals surface area (Å²) in [5.74, 6) is 0. The monoisotopic (exact) mass is 297 g/mol. The van der Waals surface area contributed by atoms with Crippen LogP contribution in [0.3, 0.4) is 0 Å². The molecule has 10 heteroatoms. The number of nitrogens with zero attached hydrogens (tertiary/aromatic N) is 2. The van der Waals surface area contributed by atoms with Crippen LogP contribution in [0.4, 0.5) is 0 Å². The minimum atomic E-state index is -4.89. The van der Waals surface area contributed by atoms with Crippen molar-refractivity contribution in [2.45, 2.75) is 25.3 Å². The van der Waals surface area contributed by atoms with Crippen LogP contribution in [0.2, 0.25) is 0 Å². The van der Waals surface area contributed by atoms with Gasteiger partial charge in [0.15, 0.2) is 5.40 Å². The van der Waals surface area contributed by atoms with Gasteiger partial charge < -0.3 is 19.6 Å². The standard InChI is InChI=1S/C8H14N2O6P2/c1-2-10-6-9-4-3-7(10)5-8(17(11,12)13)18(14,15)16/h3-4,6,8H,2,5H2,1H3,(H3-,11,12,13,14,15,16)/p+1. The molecule has 4 N–H and O–H groups in total. The SMILES string of the molecule is CC[n+]1cnccc1CC(P(=O)(O)O)P(=O)(O)O. The van der Waals surface area contributed by atoms with Gasteiger partial charge in [-0.2, -0.15) is 0 Å². The number of rotatable bonds is 5. The molecule has 0 aliphatic rings. The maximum absolute atomic E-state index is 11.2. The second-order valence-corrected chi connectivity index (χ2v) is 7.73. The molecule has 1 aromatic rings. The summed E-state index contributed by atoms with van der Waals surface area (Å²) in [5, 5.41) is -2.02. The Morgan fingerprint density at radius 2 is 1.83 bits per heavy atom. The minimum Gasteiger partial charge on any atom is -0.324 e. The zero-order valence-corrected chi connectivity index (χ0v) is 11.4. The third-order valence-corrected chi connectivity index (χ3v) is 6.16. The average Bonchev–Trinajstić information content (AvgIpc) is 2.23. The highest BCUT2D eigenvalue weighted by Crippen LogP contribution is 2.60. The van der Waals surface area contributed by atoms with E-state index in [0.717, 1.165) is 0 Å². The van der Waals surface area contributed by atoms with Gasteiger partial charge in [-0.3, -0.25) is 9.13 Å². The number of hydrogen-bond acceptors (Lipinski definition) is 3. The van der Waals surface area contributed by atoms with E-state index in [-0.39, 0.29) is 0 Å². The van der Waals surface area contributed by atoms with Crippen molar-refractivity contribution in [3.63, 3.8) is 0 Å². The van der Waals surface area contributed by atoms with Crippen LogP contribution in [-0.2, 0) is 22.1 Å². The maximum Gasteiger partial charge on any atom is 0.341 e. The Bertz CT molecular complexity index is 488. The molecule has 18 heavy (non-hydrogen) atoms. The number of aryl methyl sites for hydroxylation is 1. The third-order valence-electron chi connectivity index (χ3n) is 2.44. The van der Waals surface area contributed by atoms with Gasteiger partial charge in [0, 0.05) is 12.5 Å². The van der Waals surface area contributed by atoms with Crippen LogP contribution < -0.4 is 4.57 Å². The van der Waals surface area contributed by atoms with E-state index in [1.807, 2.05) is 0 Å². The fraction of sp³-hybridized carbons (Fsp3) is 0.500. The molecule has 8 nitrogen and oxygen atoms in total. The van der Waals surface area contributed by atoms with Crippen LogP contribution in [0.15, 0.2) is 18.6 Å². The van der Waals surface area contributed by atoms with Crippen molar-refractivity contribution >= 4 is 15.2 Å². The van der Waals surface area contributed by atoms with E-state index in [4.69, 9.17) is 19.6 Å². The van der Waals surface area contributed by atoms with E-state index in [1.165, 1.54) is 18.6 Å². The normalized spacial score (nSPS) is 13.0. The van der Waals surface area contributed by atoms with Crippen molar-refractivity contribution in [2.75, 3.05) is 0 Å². The van der Waals surface area contributed by atoms with Crippen molar-refractivity contribution in [1.82, 2.24) is 4.98 Å². The molecular weight excluding hydrogens is 282 g/mol. The summed E-state index contributed by atoms with van der Waals surface area (Å²) in [6, 6.07) is 1.47. The fourth-order valence-corrected chi connectivity index (χ4v) is 3.93. The molecule has 102 valence electrons. The van der Waals surface area contributed by atoms with Crippen molar-refractivity contribution < 1.29 is 33.3 Å². The van der Waals surface area contributed by atoms with Gasteiger partial charge in [-0.05, 0) is 6.92 Å². The Hall–Kier alpha value is -0.620. The molecule has 0 aliphatic heterocycles. The Kier molecular flexibility index (Phi) is 4.78. The smallest absolute Gasteiger partial charge is 0.324 e. The predicted molar refractivity (Wildman–Crippen MR) is 61.7 cm³/mol. The molecule has 0 saturated carbocycles. The zero-order valence-electron chi connectivity index (χ0n) is 9.62. The van der Waals surface area contributed by atoms with E-state index < -0.39 is 27.0 Å². The molecule has 0 unspecified atom stereocenters. The summed E-state index contributed by atoms with van der Waals surface area (Å²) in [4.78, 5) is 40.0.